The van der Waals surface area contributed by atoms with Gasteiger partial charge in [0.05, 0.1) is 61.1 Å². The summed E-state index contributed by atoms with van der Waals surface area (Å²) in [4.78, 5) is 76.4. The van der Waals surface area contributed by atoms with E-state index >= 15 is 0 Å². The van der Waals surface area contributed by atoms with E-state index in [2.05, 4.69) is 49.5 Å². The quantitative estimate of drug-likeness (QED) is 0.0871. The third-order valence-corrected chi connectivity index (χ3v) is 12.4. The highest BCUT2D eigenvalue weighted by Crippen LogP contribution is 2.36. The number of primary amides is 1. The van der Waals surface area contributed by atoms with Gasteiger partial charge in [-0.3, -0.25) is 9.59 Å². The van der Waals surface area contributed by atoms with Crippen molar-refractivity contribution in [2.45, 2.75) is 82.3 Å². The highest BCUT2D eigenvalue weighted by Gasteiger charge is 2.45. The zero-order valence-electron chi connectivity index (χ0n) is 36.9. The Hall–Kier alpha value is -7.27. The highest BCUT2D eigenvalue weighted by molar-refractivity contribution is 5.88. The molecule has 2 saturated heterocycles. The number of carbonyl (C=O) groups is 4. The number of hydrogen-bond donors (Lipinski definition) is 4. The van der Waals surface area contributed by atoms with Crippen molar-refractivity contribution in [3.8, 4) is 33.6 Å². The lowest BCUT2D eigenvalue weighted by Crippen LogP contribution is -2.54. The summed E-state index contributed by atoms with van der Waals surface area (Å²) in [6, 6.07) is 24.8. The van der Waals surface area contributed by atoms with Crippen LogP contribution < -0.4 is 11.1 Å². The first-order valence-electron chi connectivity index (χ1n) is 21.8. The molecule has 17 heteroatoms. The number of benzene rings is 3. The van der Waals surface area contributed by atoms with Gasteiger partial charge in [-0.15, -0.1) is 0 Å². The maximum absolute atomic E-state index is 14.3. The summed E-state index contributed by atoms with van der Waals surface area (Å²) < 4.78 is 17.7. The largest absolute Gasteiger partial charge is 0.453 e. The van der Waals surface area contributed by atoms with Crippen LogP contribution in [0.4, 0.5) is 9.59 Å². The fourth-order valence-electron chi connectivity index (χ4n) is 8.88. The van der Waals surface area contributed by atoms with Crippen LogP contribution in [0.3, 0.4) is 0 Å². The number of carbonyl (C=O) groups excluding carboxylic acids is 4. The molecule has 2 aliphatic rings. The molecule has 0 aliphatic carbocycles. The van der Waals surface area contributed by atoms with E-state index < -0.39 is 29.9 Å². The highest BCUT2D eigenvalue weighted by atomic mass is 16.6. The van der Waals surface area contributed by atoms with Crippen molar-refractivity contribution in [2.24, 2.45) is 5.73 Å². The Bertz CT molecular complexity index is 2610. The van der Waals surface area contributed by atoms with Crippen molar-refractivity contribution in [3.63, 3.8) is 0 Å². The lowest BCUT2D eigenvalue weighted by molar-refractivity contribution is -0.150. The maximum Gasteiger partial charge on any atom is 0.407 e. The zero-order chi connectivity index (χ0) is 45.7. The molecule has 2 fully saturated rings. The number of aromatic amines is 2. The van der Waals surface area contributed by atoms with Crippen LogP contribution in [0.2, 0.25) is 0 Å². The number of nitrogens with one attached hydrogen (secondary N) is 3. The predicted octanol–water partition coefficient (Wildman–Crippen LogP) is 6.56. The van der Waals surface area contributed by atoms with Crippen LogP contribution in [0.25, 0.3) is 33.6 Å². The average Bonchev–Trinajstić information content (AvgIpc) is 4.18. The molecular formula is C48H54N10O7. The summed E-state index contributed by atoms with van der Waals surface area (Å²) in [6.45, 7) is 4.94. The lowest BCUT2D eigenvalue weighted by Gasteiger charge is -2.33. The minimum Gasteiger partial charge on any atom is -0.453 e. The fraction of sp³-hybridized carbons (Fsp3) is 0.354. The van der Waals surface area contributed by atoms with Gasteiger partial charge in [-0.1, -0.05) is 78.9 Å². The molecule has 1 unspecified atom stereocenters. The molecule has 0 bridgehead atoms. The molecular weight excluding hydrogens is 829 g/mol. The summed E-state index contributed by atoms with van der Waals surface area (Å²) in [7, 11) is 2.75. The van der Waals surface area contributed by atoms with E-state index in [1.807, 2.05) is 65.4 Å². The second-order valence-corrected chi connectivity index (χ2v) is 16.8. The number of nitrogens with two attached hydrogens (primary N) is 1. The van der Waals surface area contributed by atoms with E-state index in [9.17, 15) is 19.2 Å². The van der Waals surface area contributed by atoms with Crippen LogP contribution in [0.15, 0.2) is 104 Å². The van der Waals surface area contributed by atoms with E-state index in [0.717, 1.165) is 58.5 Å². The van der Waals surface area contributed by atoms with Gasteiger partial charge >= 0.3 is 12.2 Å². The van der Waals surface area contributed by atoms with Crippen LogP contribution in [0.1, 0.15) is 74.5 Å². The van der Waals surface area contributed by atoms with Crippen LogP contribution in [0.5, 0.6) is 0 Å². The molecule has 3 aromatic heterocycles. The monoisotopic (exact) mass is 882 g/mol. The van der Waals surface area contributed by atoms with Gasteiger partial charge in [0.25, 0.3) is 5.91 Å². The molecule has 0 spiro atoms. The fourth-order valence-corrected chi connectivity index (χ4v) is 8.88. The molecule has 4 amide bonds. The molecule has 65 heavy (non-hydrogen) atoms. The standard InChI is InChI=1S/C48H54N10O7/c1-30(63-3)41(55-47(62)64-4)44(59)57-22-8-12-39(57)42-50-25-37(53-42)34-18-14-32(15-19-34)33-16-20-35(21-17-33)38-26-51-43(54-38)40-13-9-23-58(40)45(60)48(2,65-46(49)61)24-36-28-56(29-52-36)27-31-10-6-5-7-11-31/h5-7,10-11,14-21,25-26,28-30,39-41H,8-9,12-13,22-24,27H2,1-4H3,(H2,49,61)(H,50,53)(H,51,54)(H,55,62)/t30-,39?,40+,41+,48+/m1/s1. The average molecular weight is 883 g/mol. The molecule has 3 aromatic carbocycles. The van der Waals surface area contributed by atoms with Crippen LogP contribution in [0, 0.1) is 0 Å². The van der Waals surface area contributed by atoms with Crippen molar-refractivity contribution < 1.29 is 33.4 Å². The van der Waals surface area contributed by atoms with Crippen molar-refractivity contribution >= 4 is 24.0 Å². The summed E-state index contributed by atoms with van der Waals surface area (Å²) in [5.74, 6) is 0.709. The van der Waals surface area contributed by atoms with E-state index in [1.165, 1.54) is 14.2 Å². The van der Waals surface area contributed by atoms with Gasteiger partial charge in [-0.05, 0) is 67.3 Å². The first-order valence-corrected chi connectivity index (χ1v) is 21.8. The van der Waals surface area contributed by atoms with Crippen molar-refractivity contribution in [2.75, 3.05) is 27.3 Å². The van der Waals surface area contributed by atoms with E-state index in [1.54, 1.807) is 42.4 Å². The van der Waals surface area contributed by atoms with E-state index in [4.69, 9.17) is 24.9 Å². The summed E-state index contributed by atoms with van der Waals surface area (Å²) in [5, 5.41) is 2.62. The predicted molar refractivity (Wildman–Crippen MR) is 241 cm³/mol. The number of alkyl carbamates (subject to hydrolysis) is 1. The molecule has 338 valence electrons. The van der Waals surface area contributed by atoms with Crippen molar-refractivity contribution in [3.05, 3.63) is 127 Å². The molecule has 0 saturated carbocycles. The topological polar surface area (TPSA) is 216 Å². The lowest BCUT2D eigenvalue weighted by atomic mass is 9.97. The third-order valence-electron chi connectivity index (χ3n) is 12.4. The van der Waals surface area contributed by atoms with Crippen LogP contribution >= 0.6 is 0 Å². The second-order valence-electron chi connectivity index (χ2n) is 16.8. The van der Waals surface area contributed by atoms with Crippen LogP contribution in [-0.4, -0.2) is 108 Å². The third kappa shape index (κ3) is 9.79. The molecule has 5 N–H and O–H groups in total. The molecule has 6 aromatic rings. The number of ether oxygens (including phenoxy) is 3. The summed E-state index contributed by atoms with van der Waals surface area (Å²) in [5.41, 5.74) is 11.2. The van der Waals surface area contributed by atoms with Gasteiger partial charge in [-0.2, -0.15) is 0 Å². The Labute approximate surface area is 376 Å². The normalized spacial score (nSPS) is 17.9. The number of methoxy groups -OCH3 is 2. The van der Waals surface area contributed by atoms with Gasteiger partial charge in [0, 0.05) is 39.4 Å². The zero-order valence-corrected chi connectivity index (χ0v) is 36.9. The van der Waals surface area contributed by atoms with E-state index in [0.29, 0.717) is 43.4 Å². The number of imidazole rings is 3. The summed E-state index contributed by atoms with van der Waals surface area (Å²) in [6.07, 6.45) is 7.85. The molecule has 5 heterocycles. The summed E-state index contributed by atoms with van der Waals surface area (Å²) >= 11 is 0. The first-order chi connectivity index (χ1) is 31.4. The van der Waals surface area contributed by atoms with Gasteiger partial charge in [-0.25, -0.2) is 24.5 Å². The molecule has 5 atom stereocenters. The van der Waals surface area contributed by atoms with Gasteiger partial charge < -0.3 is 49.6 Å². The minimum absolute atomic E-state index is 0.0563. The molecule has 2 aliphatic heterocycles. The molecule has 0 radical (unpaired) electrons. The Morgan fingerprint density at radius 1 is 0.800 bits per heavy atom. The Morgan fingerprint density at radius 3 is 1.91 bits per heavy atom. The first kappa shape index (κ1) is 44.3. The molecule has 8 rings (SSSR count). The second kappa shape index (κ2) is 19.2. The molecule has 17 nitrogen and oxygen atoms in total. The number of amides is 4. The van der Waals surface area contributed by atoms with Crippen LogP contribution in [-0.2, 0) is 36.8 Å². The number of hydrogen-bond acceptors (Lipinski definition) is 10. The smallest absolute Gasteiger partial charge is 0.407 e. The van der Waals surface area contributed by atoms with Gasteiger partial charge in [0.1, 0.15) is 17.7 Å². The number of aromatic nitrogens is 6. The van der Waals surface area contributed by atoms with Crippen molar-refractivity contribution in [1.82, 2.24) is 44.6 Å². The van der Waals surface area contributed by atoms with Gasteiger partial charge in [0.2, 0.25) is 5.91 Å². The minimum atomic E-state index is -1.58. The number of H-pyrrole nitrogens is 2. The number of likely N-dealkylation sites (tertiary alicyclic amines) is 2. The SMILES string of the molecule is COC(=O)N[C@H](C(=O)N1CCCC1c1ncc(-c2ccc(-c3ccc(-c4cnc([C@@H]5CCCN5C(=O)[C@](C)(Cc5cn(Cc6ccccc6)cn5)OC(N)=O)[nH]4)cc3)cc2)[nH]1)[C@@H](C)OC. The Morgan fingerprint density at radius 2 is 1.35 bits per heavy atom. The maximum atomic E-state index is 14.3. The Kier molecular flexibility index (Phi) is 13.1. The van der Waals surface area contributed by atoms with E-state index in [-0.39, 0.29) is 30.3 Å². The number of nitrogens with zero attached hydrogens (tertiary/aromatic N) is 6. The van der Waals surface area contributed by atoms with Crippen molar-refractivity contribution in [1.29, 1.82) is 0 Å². The van der Waals surface area contributed by atoms with Gasteiger partial charge in [0.15, 0.2) is 5.60 Å². The number of rotatable bonds is 15. The Balaban J connectivity index is 0.912.